The third-order valence-corrected chi connectivity index (χ3v) is 5.77. The number of ether oxygens (including phenoxy) is 1. The van der Waals surface area contributed by atoms with Gasteiger partial charge < -0.3 is 20.3 Å². The van der Waals surface area contributed by atoms with E-state index in [1.54, 1.807) is 0 Å². The number of amides is 1. The average Bonchev–Trinajstić information content (AvgIpc) is 2.59. The fourth-order valence-electron chi connectivity index (χ4n) is 3.92. The molecule has 0 spiro atoms. The zero-order chi connectivity index (χ0) is 20.3. The van der Waals surface area contributed by atoms with Gasteiger partial charge in [0.25, 0.3) is 0 Å². The maximum atomic E-state index is 13.0. The SMILES string of the molecule is CC(N)c1ccc(N2CCC[C@@H](N(CC3CCC3)C(=O)OC(C)(C)C)C2)nc1. The Morgan fingerprint density at radius 2 is 2.07 bits per heavy atom. The Morgan fingerprint density at radius 1 is 1.32 bits per heavy atom. The highest BCUT2D eigenvalue weighted by Crippen LogP contribution is 2.30. The number of aromatic nitrogens is 1. The number of carbonyl (C=O) groups excluding carboxylic acids is 1. The lowest BCUT2D eigenvalue weighted by Gasteiger charge is -2.42. The summed E-state index contributed by atoms with van der Waals surface area (Å²) >= 11 is 0. The zero-order valence-corrected chi connectivity index (χ0v) is 17.9. The summed E-state index contributed by atoms with van der Waals surface area (Å²) < 4.78 is 5.74. The monoisotopic (exact) mass is 388 g/mol. The molecule has 1 aliphatic carbocycles. The van der Waals surface area contributed by atoms with Crippen LogP contribution < -0.4 is 10.6 Å². The summed E-state index contributed by atoms with van der Waals surface area (Å²) in [4.78, 5) is 21.9. The number of nitrogens with two attached hydrogens (primary N) is 1. The van der Waals surface area contributed by atoms with Crippen molar-refractivity contribution >= 4 is 11.9 Å². The zero-order valence-electron chi connectivity index (χ0n) is 17.9. The Balaban J connectivity index is 1.71. The van der Waals surface area contributed by atoms with Crippen molar-refractivity contribution in [3.63, 3.8) is 0 Å². The van der Waals surface area contributed by atoms with Crippen molar-refractivity contribution in [1.82, 2.24) is 9.88 Å². The van der Waals surface area contributed by atoms with E-state index >= 15 is 0 Å². The molecule has 2 fully saturated rings. The molecule has 0 bridgehead atoms. The first-order chi connectivity index (χ1) is 13.2. The average molecular weight is 389 g/mol. The summed E-state index contributed by atoms with van der Waals surface area (Å²) in [7, 11) is 0. The van der Waals surface area contributed by atoms with Crippen molar-refractivity contribution < 1.29 is 9.53 Å². The Morgan fingerprint density at radius 3 is 2.61 bits per heavy atom. The molecule has 0 aromatic carbocycles. The van der Waals surface area contributed by atoms with Gasteiger partial charge in [0.15, 0.2) is 0 Å². The first kappa shape index (κ1) is 20.9. The van der Waals surface area contributed by atoms with Gasteiger partial charge in [-0.1, -0.05) is 12.5 Å². The Hall–Kier alpha value is -1.82. The summed E-state index contributed by atoms with van der Waals surface area (Å²) in [5, 5.41) is 0. The highest BCUT2D eigenvalue weighted by Gasteiger charge is 2.34. The second-order valence-electron chi connectivity index (χ2n) is 9.41. The third-order valence-electron chi connectivity index (χ3n) is 5.77. The summed E-state index contributed by atoms with van der Waals surface area (Å²) in [5.41, 5.74) is 6.51. The first-order valence-electron chi connectivity index (χ1n) is 10.7. The van der Waals surface area contributed by atoms with Gasteiger partial charge in [-0.05, 0) is 70.9 Å². The molecule has 1 aromatic rings. The first-order valence-corrected chi connectivity index (χ1v) is 10.7. The smallest absolute Gasteiger partial charge is 0.410 e. The van der Waals surface area contributed by atoms with Crippen LogP contribution in [-0.2, 0) is 4.74 Å². The largest absolute Gasteiger partial charge is 0.444 e. The Kier molecular flexibility index (Phi) is 6.48. The van der Waals surface area contributed by atoms with Gasteiger partial charge in [-0.25, -0.2) is 9.78 Å². The lowest BCUT2D eigenvalue weighted by Crippen LogP contribution is -2.53. The van der Waals surface area contributed by atoms with Crippen LogP contribution in [0.1, 0.15) is 71.4 Å². The molecule has 6 heteroatoms. The van der Waals surface area contributed by atoms with Crippen molar-refractivity contribution in [2.24, 2.45) is 11.7 Å². The topological polar surface area (TPSA) is 71.7 Å². The fourth-order valence-corrected chi connectivity index (χ4v) is 3.92. The number of nitrogens with zero attached hydrogens (tertiary/aromatic N) is 3. The number of anilines is 1. The molecule has 2 heterocycles. The van der Waals surface area contributed by atoms with Gasteiger partial charge in [-0.3, -0.25) is 0 Å². The minimum absolute atomic E-state index is 0.0132. The van der Waals surface area contributed by atoms with Crippen LogP contribution in [0.15, 0.2) is 18.3 Å². The van der Waals surface area contributed by atoms with Gasteiger partial charge in [0, 0.05) is 31.9 Å². The van der Waals surface area contributed by atoms with Crippen LogP contribution in [0.4, 0.5) is 10.6 Å². The maximum Gasteiger partial charge on any atom is 0.410 e. The van der Waals surface area contributed by atoms with Gasteiger partial charge in [-0.15, -0.1) is 0 Å². The normalized spacial score (nSPS) is 21.8. The third kappa shape index (κ3) is 5.37. The van der Waals surface area contributed by atoms with E-state index < -0.39 is 5.60 Å². The molecule has 1 aromatic heterocycles. The predicted molar refractivity (Wildman–Crippen MR) is 112 cm³/mol. The molecule has 6 nitrogen and oxygen atoms in total. The van der Waals surface area contributed by atoms with Gasteiger partial charge >= 0.3 is 6.09 Å². The number of pyridine rings is 1. The van der Waals surface area contributed by atoms with Gasteiger partial charge in [0.05, 0.1) is 6.04 Å². The van der Waals surface area contributed by atoms with E-state index in [1.807, 2.05) is 44.9 Å². The fraction of sp³-hybridized carbons (Fsp3) is 0.727. The minimum atomic E-state index is -0.473. The highest BCUT2D eigenvalue weighted by molar-refractivity contribution is 5.68. The second-order valence-corrected chi connectivity index (χ2v) is 9.41. The molecule has 1 amide bonds. The van der Waals surface area contributed by atoms with Crippen molar-refractivity contribution in [3.05, 3.63) is 23.9 Å². The lowest BCUT2D eigenvalue weighted by atomic mass is 9.84. The van der Waals surface area contributed by atoms with E-state index in [0.717, 1.165) is 43.9 Å². The molecule has 28 heavy (non-hydrogen) atoms. The quantitative estimate of drug-likeness (QED) is 0.822. The van der Waals surface area contributed by atoms with Crippen LogP contribution in [-0.4, -0.2) is 47.3 Å². The van der Waals surface area contributed by atoms with E-state index in [4.69, 9.17) is 10.5 Å². The van der Waals surface area contributed by atoms with E-state index in [2.05, 4.69) is 16.0 Å². The molecule has 1 aliphatic heterocycles. The highest BCUT2D eigenvalue weighted by atomic mass is 16.6. The van der Waals surface area contributed by atoms with Crippen molar-refractivity contribution in [2.75, 3.05) is 24.5 Å². The summed E-state index contributed by atoms with van der Waals surface area (Å²) in [6, 6.07) is 4.25. The van der Waals surface area contributed by atoms with Crippen LogP contribution in [0.2, 0.25) is 0 Å². The molecule has 1 saturated carbocycles. The molecular formula is C22H36N4O2. The van der Waals surface area contributed by atoms with Crippen molar-refractivity contribution in [2.45, 2.75) is 77.5 Å². The lowest BCUT2D eigenvalue weighted by molar-refractivity contribution is 0.00734. The molecule has 2 aliphatic rings. The number of hydrogen-bond acceptors (Lipinski definition) is 5. The molecule has 1 unspecified atom stereocenters. The van der Waals surface area contributed by atoms with E-state index in [-0.39, 0.29) is 18.2 Å². The van der Waals surface area contributed by atoms with Crippen LogP contribution in [0.25, 0.3) is 0 Å². The number of carbonyl (C=O) groups is 1. The standard InChI is InChI=1S/C22H36N4O2/c1-16(23)18-10-11-20(24-13-18)25-12-6-9-19(15-25)26(14-17-7-5-8-17)21(27)28-22(2,3)4/h10-11,13,16-17,19H,5-9,12,14-15,23H2,1-4H3/t16?,19-/m1/s1. The van der Waals surface area contributed by atoms with Crippen molar-refractivity contribution in [3.8, 4) is 0 Å². The molecule has 156 valence electrons. The summed E-state index contributed by atoms with van der Waals surface area (Å²) in [6.45, 7) is 10.3. The maximum absolute atomic E-state index is 13.0. The van der Waals surface area contributed by atoms with Crippen LogP contribution in [0.3, 0.4) is 0 Å². The van der Waals surface area contributed by atoms with E-state index in [1.165, 1.54) is 19.3 Å². The number of hydrogen-bond donors (Lipinski definition) is 1. The van der Waals surface area contributed by atoms with Crippen LogP contribution >= 0.6 is 0 Å². The molecule has 2 atom stereocenters. The molecule has 0 radical (unpaired) electrons. The Bertz CT molecular complexity index is 649. The number of piperidine rings is 1. The summed E-state index contributed by atoms with van der Waals surface area (Å²) in [5.74, 6) is 1.58. The predicted octanol–water partition coefficient (Wildman–Crippen LogP) is 4.11. The van der Waals surface area contributed by atoms with Crippen LogP contribution in [0.5, 0.6) is 0 Å². The Labute approximate surface area is 169 Å². The van der Waals surface area contributed by atoms with E-state index in [9.17, 15) is 4.79 Å². The molecular weight excluding hydrogens is 352 g/mol. The molecule has 3 rings (SSSR count). The van der Waals surface area contributed by atoms with Gasteiger partial charge in [-0.2, -0.15) is 0 Å². The second kappa shape index (κ2) is 8.68. The molecule has 1 saturated heterocycles. The molecule has 2 N–H and O–H groups in total. The van der Waals surface area contributed by atoms with Crippen LogP contribution in [0, 0.1) is 5.92 Å². The summed E-state index contributed by atoms with van der Waals surface area (Å²) in [6.07, 6.45) is 7.47. The minimum Gasteiger partial charge on any atom is -0.444 e. The van der Waals surface area contributed by atoms with Gasteiger partial charge in [0.2, 0.25) is 0 Å². The number of rotatable bonds is 5. The van der Waals surface area contributed by atoms with E-state index in [0.29, 0.717) is 5.92 Å². The van der Waals surface area contributed by atoms with Gasteiger partial charge in [0.1, 0.15) is 11.4 Å². The van der Waals surface area contributed by atoms with Crippen molar-refractivity contribution in [1.29, 1.82) is 0 Å².